The van der Waals surface area contributed by atoms with Crippen molar-refractivity contribution in [1.82, 2.24) is 16.0 Å². The van der Waals surface area contributed by atoms with Crippen molar-refractivity contribution in [2.24, 2.45) is 5.73 Å². The lowest BCUT2D eigenvalue weighted by atomic mass is 10.1. The van der Waals surface area contributed by atoms with Crippen LogP contribution in [-0.2, 0) is 28.5 Å². The molecule has 0 fully saturated rings. The van der Waals surface area contributed by atoms with Gasteiger partial charge in [0.1, 0.15) is 17.9 Å². The van der Waals surface area contributed by atoms with Gasteiger partial charge in [0, 0.05) is 25.4 Å². The second kappa shape index (κ2) is 15.4. The zero-order chi connectivity index (χ0) is 25.6. The summed E-state index contributed by atoms with van der Waals surface area (Å²) in [6.07, 6.45) is -0.281. The number of carbonyl (C=O) groups excluding carboxylic acids is 3. The molecule has 0 saturated carbocycles. The SMILES string of the molecule is CCC(=O)NC(CCC(=O)NC(CCCCN)P(=O)(O)CCC(=O)NC(C)C(=O)O)C(=O)O. The van der Waals surface area contributed by atoms with Crippen molar-refractivity contribution < 1.29 is 43.6 Å². The molecular weight excluding hydrogens is 459 g/mol. The third-order valence-corrected chi connectivity index (χ3v) is 6.99. The molecular formula is C19H35N4O9P. The number of unbranched alkanes of at least 4 members (excludes halogenated alkanes) is 1. The number of hydrogen-bond acceptors (Lipinski definition) is 7. The van der Waals surface area contributed by atoms with Gasteiger partial charge < -0.3 is 36.8 Å². The minimum atomic E-state index is -4.08. The summed E-state index contributed by atoms with van der Waals surface area (Å²) in [7, 11) is -4.08. The first kappa shape index (κ1) is 30.5. The largest absolute Gasteiger partial charge is 0.480 e. The Balaban J connectivity index is 5.06. The van der Waals surface area contributed by atoms with Crippen LogP contribution in [0, 0.1) is 0 Å². The molecule has 4 atom stereocenters. The van der Waals surface area contributed by atoms with E-state index in [2.05, 4.69) is 16.0 Å². The van der Waals surface area contributed by atoms with Crippen molar-refractivity contribution in [2.75, 3.05) is 12.7 Å². The van der Waals surface area contributed by atoms with Gasteiger partial charge in [0.2, 0.25) is 25.1 Å². The van der Waals surface area contributed by atoms with Crippen molar-refractivity contribution in [1.29, 1.82) is 0 Å². The normalized spacial score (nSPS) is 15.4. The van der Waals surface area contributed by atoms with Crippen LogP contribution < -0.4 is 21.7 Å². The van der Waals surface area contributed by atoms with E-state index in [1.165, 1.54) is 6.92 Å². The Kier molecular flexibility index (Phi) is 14.2. The molecule has 0 bridgehead atoms. The number of carboxylic acids is 2. The Morgan fingerprint density at radius 3 is 2.00 bits per heavy atom. The third kappa shape index (κ3) is 13.0. The average Bonchev–Trinajstić information content (AvgIpc) is 2.74. The first-order valence-corrected chi connectivity index (χ1v) is 12.6. The van der Waals surface area contributed by atoms with E-state index in [1.54, 1.807) is 6.92 Å². The molecule has 13 nitrogen and oxygen atoms in total. The average molecular weight is 494 g/mol. The number of aliphatic carboxylic acids is 2. The quantitative estimate of drug-likeness (QED) is 0.102. The smallest absolute Gasteiger partial charge is 0.326 e. The fourth-order valence-electron chi connectivity index (χ4n) is 2.74. The topological polar surface area (TPSA) is 225 Å². The fraction of sp³-hybridized carbons (Fsp3) is 0.737. The van der Waals surface area contributed by atoms with E-state index in [1.807, 2.05) is 0 Å². The van der Waals surface area contributed by atoms with E-state index in [0.717, 1.165) is 0 Å². The van der Waals surface area contributed by atoms with E-state index >= 15 is 0 Å². The minimum absolute atomic E-state index is 0.0751. The molecule has 0 heterocycles. The number of nitrogens with one attached hydrogen (secondary N) is 3. The molecule has 0 aromatic carbocycles. The molecule has 33 heavy (non-hydrogen) atoms. The number of amides is 3. The third-order valence-electron chi connectivity index (χ3n) is 4.77. The lowest BCUT2D eigenvalue weighted by Gasteiger charge is -2.25. The molecule has 0 aliphatic rings. The second-order valence-corrected chi connectivity index (χ2v) is 10.2. The number of nitrogens with two attached hydrogens (primary N) is 1. The van der Waals surface area contributed by atoms with Gasteiger partial charge in [0.15, 0.2) is 0 Å². The number of carbonyl (C=O) groups is 5. The van der Waals surface area contributed by atoms with E-state index in [4.69, 9.17) is 10.8 Å². The summed E-state index contributed by atoms with van der Waals surface area (Å²) in [5.74, 6) is -5.63. The summed E-state index contributed by atoms with van der Waals surface area (Å²) < 4.78 is 12.9. The van der Waals surface area contributed by atoms with Crippen LogP contribution in [0.25, 0.3) is 0 Å². The molecule has 0 aliphatic carbocycles. The molecule has 14 heteroatoms. The Morgan fingerprint density at radius 2 is 1.48 bits per heavy atom. The van der Waals surface area contributed by atoms with Crippen molar-refractivity contribution in [2.45, 2.75) is 76.7 Å². The molecule has 0 radical (unpaired) electrons. The molecule has 8 N–H and O–H groups in total. The van der Waals surface area contributed by atoms with Crippen molar-refractivity contribution in [3.63, 3.8) is 0 Å². The summed E-state index contributed by atoms with van der Waals surface area (Å²) in [6.45, 7) is 3.14. The fourth-order valence-corrected chi connectivity index (χ4v) is 4.50. The van der Waals surface area contributed by atoms with Gasteiger partial charge >= 0.3 is 11.9 Å². The maximum Gasteiger partial charge on any atom is 0.326 e. The van der Waals surface area contributed by atoms with Crippen LogP contribution in [0.15, 0.2) is 0 Å². The summed E-state index contributed by atoms with van der Waals surface area (Å²) in [5.41, 5.74) is 5.44. The molecule has 0 saturated heterocycles. The lowest BCUT2D eigenvalue weighted by molar-refractivity contribution is -0.142. The van der Waals surface area contributed by atoms with E-state index in [-0.39, 0.29) is 25.7 Å². The van der Waals surface area contributed by atoms with Gasteiger partial charge in [-0.1, -0.05) is 6.92 Å². The maximum absolute atomic E-state index is 12.9. The van der Waals surface area contributed by atoms with Crippen LogP contribution in [0.5, 0.6) is 0 Å². The zero-order valence-corrected chi connectivity index (χ0v) is 19.8. The Labute approximate surface area is 192 Å². The van der Waals surface area contributed by atoms with E-state index in [9.17, 15) is 38.5 Å². The first-order valence-electron chi connectivity index (χ1n) is 10.7. The number of hydrogen-bond donors (Lipinski definition) is 7. The highest BCUT2D eigenvalue weighted by atomic mass is 31.2. The molecule has 0 aliphatic heterocycles. The van der Waals surface area contributed by atoms with Crippen LogP contribution in [0.1, 0.15) is 58.8 Å². The van der Waals surface area contributed by atoms with Crippen LogP contribution in [-0.4, -0.2) is 75.3 Å². The first-order chi connectivity index (χ1) is 15.3. The highest BCUT2D eigenvalue weighted by molar-refractivity contribution is 7.58. The van der Waals surface area contributed by atoms with Crippen molar-refractivity contribution in [3.8, 4) is 0 Å². The van der Waals surface area contributed by atoms with Crippen LogP contribution >= 0.6 is 7.37 Å². The van der Waals surface area contributed by atoms with E-state index < -0.39 is 67.5 Å². The highest BCUT2D eigenvalue weighted by Crippen LogP contribution is 2.47. The predicted octanol–water partition coefficient (Wildman–Crippen LogP) is -0.433. The van der Waals surface area contributed by atoms with Gasteiger partial charge in [-0.15, -0.1) is 0 Å². The lowest BCUT2D eigenvalue weighted by Crippen LogP contribution is -2.42. The van der Waals surface area contributed by atoms with Crippen LogP contribution in [0.4, 0.5) is 0 Å². The monoisotopic (exact) mass is 494 g/mol. The molecule has 3 amide bonds. The Bertz CT molecular complexity index is 747. The second-order valence-electron chi connectivity index (χ2n) is 7.58. The van der Waals surface area contributed by atoms with Crippen molar-refractivity contribution >= 4 is 37.0 Å². The minimum Gasteiger partial charge on any atom is -0.480 e. The number of carboxylic acid groups (broad SMARTS) is 2. The molecule has 0 aromatic heterocycles. The molecule has 0 spiro atoms. The predicted molar refractivity (Wildman–Crippen MR) is 118 cm³/mol. The Hall–Kier alpha value is -2.50. The van der Waals surface area contributed by atoms with Gasteiger partial charge in [0.25, 0.3) is 0 Å². The maximum atomic E-state index is 12.9. The summed E-state index contributed by atoms with van der Waals surface area (Å²) in [5, 5.41) is 24.9. The Morgan fingerprint density at radius 1 is 0.879 bits per heavy atom. The summed E-state index contributed by atoms with van der Waals surface area (Å²) in [6, 6.07) is -2.44. The summed E-state index contributed by atoms with van der Waals surface area (Å²) >= 11 is 0. The number of rotatable bonds is 17. The van der Waals surface area contributed by atoms with Crippen molar-refractivity contribution in [3.05, 3.63) is 0 Å². The molecule has 190 valence electrons. The molecule has 0 aromatic rings. The molecule has 4 unspecified atom stereocenters. The van der Waals surface area contributed by atoms with E-state index in [0.29, 0.717) is 19.4 Å². The van der Waals surface area contributed by atoms with Gasteiger partial charge in [-0.2, -0.15) is 0 Å². The highest BCUT2D eigenvalue weighted by Gasteiger charge is 2.33. The standard InChI is InChI=1S/C19H35N4O9P/c1-3-14(24)22-13(19(29)30)7-8-15(25)23-17(6-4-5-10-20)33(31,32)11-9-16(26)21-12(2)18(27)28/h12-13,17H,3-11,20H2,1-2H3,(H,21,26)(H,22,24)(H,23,25)(H,27,28)(H,29,30)(H,31,32). The van der Waals surface area contributed by atoms with Gasteiger partial charge in [-0.25, -0.2) is 4.79 Å². The van der Waals surface area contributed by atoms with Crippen LogP contribution in [0.2, 0.25) is 0 Å². The van der Waals surface area contributed by atoms with Gasteiger partial charge in [-0.05, 0) is 39.2 Å². The zero-order valence-electron chi connectivity index (χ0n) is 18.9. The molecule has 0 rings (SSSR count). The van der Waals surface area contributed by atoms with Crippen LogP contribution in [0.3, 0.4) is 0 Å². The van der Waals surface area contributed by atoms with Gasteiger partial charge in [-0.3, -0.25) is 23.7 Å². The van der Waals surface area contributed by atoms with Gasteiger partial charge in [0.05, 0.1) is 0 Å². The summed E-state index contributed by atoms with van der Waals surface area (Å²) in [4.78, 5) is 68.2.